The van der Waals surface area contributed by atoms with Crippen LogP contribution in [-0.4, -0.2) is 5.11 Å². The first-order valence-electron chi connectivity index (χ1n) is 3.55. The minimum atomic E-state index is -0.218. The molecule has 1 N–H and O–H groups in total. The third-order valence-corrected chi connectivity index (χ3v) is 2.03. The van der Waals surface area contributed by atoms with Gasteiger partial charge in [-0.1, -0.05) is 18.2 Å². The summed E-state index contributed by atoms with van der Waals surface area (Å²) in [5.41, 5.74) is 2.36. The smallest absolute Gasteiger partial charge is 0.0795 e. The molecule has 0 bridgehead atoms. The molecule has 1 unspecified atom stereocenters. The maximum absolute atomic E-state index is 9.37. The molecule has 0 heterocycles. The Morgan fingerprint density at radius 3 is 3.30 bits per heavy atom. The Morgan fingerprint density at radius 2 is 2.50 bits per heavy atom. The molecule has 0 saturated carbocycles. The van der Waals surface area contributed by atoms with Gasteiger partial charge in [0.1, 0.15) is 0 Å². The summed E-state index contributed by atoms with van der Waals surface area (Å²) in [7, 11) is 0. The Labute approximate surface area is 60.3 Å². The standard InChI is InChI=1S/C9H9O/c10-9-6-5-7-3-1-2-4-8(7)9/h2-4,9-10H,5-6H2. The van der Waals surface area contributed by atoms with E-state index in [4.69, 9.17) is 0 Å². The van der Waals surface area contributed by atoms with E-state index in [1.807, 2.05) is 18.2 Å². The third-order valence-electron chi connectivity index (χ3n) is 2.03. The highest BCUT2D eigenvalue weighted by molar-refractivity contribution is 5.32. The van der Waals surface area contributed by atoms with Crippen LogP contribution < -0.4 is 0 Å². The fraction of sp³-hybridized carbons (Fsp3) is 0.333. The van der Waals surface area contributed by atoms with E-state index in [1.54, 1.807) is 0 Å². The monoisotopic (exact) mass is 133 g/mol. The number of hydrogen-bond donors (Lipinski definition) is 1. The van der Waals surface area contributed by atoms with Gasteiger partial charge in [0.05, 0.1) is 6.10 Å². The molecule has 1 aliphatic carbocycles. The Balaban J connectivity index is 2.51. The molecule has 1 aromatic carbocycles. The molecule has 1 atom stereocenters. The largest absolute Gasteiger partial charge is 0.388 e. The maximum atomic E-state index is 9.37. The summed E-state index contributed by atoms with van der Waals surface area (Å²) >= 11 is 0. The summed E-state index contributed by atoms with van der Waals surface area (Å²) in [4.78, 5) is 0. The first-order chi connectivity index (χ1) is 4.88. The molecule has 1 aliphatic rings. The van der Waals surface area contributed by atoms with Gasteiger partial charge < -0.3 is 5.11 Å². The number of fused-ring (bicyclic) bond motifs is 1. The number of aliphatic hydroxyl groups is 1. The van der Waals surface area contributed by atoms with Crippen LogP contribution in [0.1, 0.15) is 23.7 Å². The molecule has 0 fully saturated rings. The Hall–Kier alpha value is -0.820. The van der Waals surface area contributed by atoms with Crippen molar-refractivity contribution in [1.29, 1.82) is 0 Å². The van der Waals surface area contributed by atoms with E-state index in [1.165, 1.54) is 5.56 Å². The van der Waals surface area contributed by atoms with Gasteiger partial charge in [0, 0.05) is 0 Å². The van der Waals surface area contributed by atoms with Crippen LogP contribution in [0.3, 0.4) is 0 Å². The molecule has 10 heavy (non-hydrogen) atoms. The van der Waals surface area contributed by atoms with Crippen molar-refractivity contribution in [3.63, 3.8) is 0 Å². The highest BCUT2D eigenvalue weighted by Crippen LogP contribution is 2.29. The Bertz CT molecular complexity index is 242. The van der Waals surface area contributed by atoms with Crippen LogP contribution >= 0.6 is 0 Å². The Morgan fingerprint density at radius 1 is 1.60 bits per heavy atom. The van der Waals surface area contributed by atoms with Gasteiger partial charge in [-0.25, -0.2) is 0 Å². The third kappa shape index (κ3) is 0.745. The fourth-order valence-corrected chi connectivity index (χ4v) is 1.47. The van der Waals surface area contributed by atoms with E-state index in [-0.39, 0.29) is 6.10 Å². The second-order valence-corrected chi connectivity index (χ2v) is 2.68. The number of benzene rings is 1. The molecule has 1 heteroatoms. The van der Waals surface area contributed by atoms with Crippen LogP contribution in [0, 0.1) is 6.07 Å². The van der Waals surface area contributed by atoms with Gasteiger partial charge in [-0.15, -0.1) is 0 Å². The lowest BCUT2D eigenvalue weighted by atomic mass is 10.1. The second kappa shape index (κ2) is 2.10. The van der Waals surface area contributed by atoms with Gasteiger partial charge in [-0.3, -0.25) is 0 Å². The molecular weight excluding hydrogens is 124 g/mol. The van der Waals surface area contributed by atoms with E-state index in [9.17, 15) is 5.11 Å². The SMILES string of the molecule is OC1CCc2c[c]ccc21. The van der Waals surface area contributed by atoms with Crippen LogP contribution in [0.4, 0.5) is 0 Å². The van der Waals surface area contributed by atoms with Crippen LogP contribution in [0.15, 0.2) is 18.2 Å². The Kier molecular flexibility index (Phi) is 1.24. The predicted molar refractivity (Wildman–Crippen MR) is 38.6 cm³/mol. The molecular formula is C9H9O. The van der Waals surface area contributed by atoms with Gasteiger partial charge in [0.2, 0.25) is 0 Å². The minimum Gasteiger partial charge on any atom is -0.388 e. The van der Waals surface area contributed by atoms with Crippen LogP contribution in [0.5, 0.6) is 0 Å². The van der Waals surface area contributed by atoms with Crippen LogP contribution in [-0.2, 0) is 6.42 Å². The summed E-state index contributed by atoms with van der Waals surface area (Å²) in [6.07, 6.45) is 1.67. The zero-order valence-corrected chi connectivity index (χ0v) is 5.67. The van der Waals surface area contributed by atoms with Crippen molar-refractivity contribution in [2.75, 3.05) is 0 Å². The van der Waals surface area contributed by atoms with Gasteiger partial charge in [0.15, 0.2) is 0 Å². The van der Waals surface area contributed by atoms with E-state index in [0.717, 1.165) is 18.4 Å². The van der Waals surface area contributed by atoms with Crippen LogP contribution in [0.2, 0.25) is 0 Å². The number of aryl methyl sites for hydroxylation is 1. The van der Waals surface area contributed by atoms with E-state index >= 15 is 0 Å². The highest BCUT2D eigenvalue weighted by atomic mass is 16.3. The van der Waals surface area contributed by atoms with Crippen molar-refractivity contribution in [3.05, 3.63) is 35.4 Å². The van der Waals surface area contributed by atoms with Gasteiger partial charge in [-0.2, -0.15) is 0 Å². The molecule has 1 radical (unpaired) electrons. The molecule has 1 aromatic rings. The summed E-state index contributed by atoms with van der Waals surface area (Å²) in [6.45, 7) is 0. The molecule has 2 rings (SSSR count). The number of aliphatic hydroxyl groups excluding tert-OH is 1. The zero-order chi connectivity index (χ0) is 6.97. The summed E-state index contributed by atoms with van der Waals surface area (Å²) < 4.78 is 0. The summed E-state index contributed by atoms with van der Waals surface area (Å²) in [6, 6.07) is 8.77. The van der Waals surface area contributed by atoms with Crippen molar-refractivity contribution >= 4 is 0 Å². The lowest BCUT2D eigenvalue weighted by Crippen LogP contribution is -1.88. The molecule has 0 aromatic heterocycles. The van der Waals surface area contributed by atoms with E-state index < -0.39 is 0 Å². The van der Waals surface area contributed by atoms with Gasteiger partial charge in [0.25, 0.3) is 0 Å². The maximum Gasteiger partial charge on any atom is 0.0795 e. The second-order valence-electron chi connectivity index (χ2n) is 2.68. The predicted octanol–water partition coefficient (Wildman–Crippen LogP) is 1.47. The first kappa shape index (κ1) is 5.93. The molecule has 51 valence electrons. The van der Waals surface area contributed by atoms with Crippen molar-refractivity contribution < 1.29 is 5.11 Å². The average molecular weight is 133 g/mol. The van der Waals surface area contributed by atoms with Crippen molar-refractivity contribution in [2.45, 2.75) is 18.9 Å². The topological polar surface area (TPSA) is 20.2 Å². The van der Waals surface area contributed by atoms with E-state index in [0.29, 0.717) is 0 Å². The van der Waals surface area contributed by atoms with Crippen LogP contribution in [0.25, 0.3) is 0 Å². The molecule has 0 spiro atoms. The van der Waals surface area contributed by atoms with Crippen molar-refractivity contribution in [3.8, 4) is 0 Å². The fourth-order valence-electron chi connectivity index (χ4n) is 1.47. The molecule has 0 aliphatic heterocycles. The zero-order valence-electron chi connectivity index (χ0n) is 5.67. The lowest BCUT2D eigenvalue weighted by molar-refractivity contribution is 0.180. The van der Waals surface area contributed by atoms with Gasteiger partial charge in [-0.05, 0) is 30.0 Å². The molecule has 1 nitrogen and oxygen atoms in total. The quantitative estimate of drug-likeness (QED) is 0.568. The van der Waals surface area contributed by atoms with Crippen molar-refractivity contribution in [2.24, 2.45) is 0 Å². The first-order valence-corrected chi connectivity index (χ1v) is 3.55. The van der Waals surface area contributed by atoms with Gasteiger partial charge >= 0.3 is 0 Å². The normalized spacial score (nSPS) is 22.7. The summed E-state index contributed by atoms with van der Waals surface area (Å²) in [5, 5.41) is 9.37. The molecule has 0 saturated heterocycles. The van der Waals surface area contributed by atoms with E-state index in [2.05, 4.69) is 6.07 Å². The lowest BCUT2D eigenvalue weighted by Gasteiger charge is -2.00. The average Bonchev–Trinajstić information content (AvgIpc) is 2.34. The van der Waals surface area contributed by atoms with Crippen molar-refractivity contribution in [1.82, 2.24) is 0 Å². The number of hydrogen-bond acceptors (Lipinski definition) is 1. The minimum absolute atomic E-state index is 0.218. The number of rotatable bonds is 0. The summed E-state index contributed by atoms with van der Waals surface area (Å²) in [5.74, 6) is 0. The molecule has 0 amide bonds. The highest BCUT2D eigenvalue weighted by Gasteiger charge is 2.18.